The van der Waals surface area contributed by atoms with Crippen LogP contribution >= 0.6 is 11.3 Å². The Balaban J connectivity index is 1.34. The predicted octanol–water partition coefficient (Wildman–Crippen LogP) is 4.09. The van der Waals surface area contributed by atoms with Gasteiger partial charge in [0.1, 0.15) is 18.0 Å². The molecule has 4 N–H and O–H groups in total. The van der Waals surface area contributed by atoms with Gasteiger partial charge >= 0.3 is 12.1 Å². The topological polar surface area (TPSA) is 138 Å². The van der Waals surface area contributed by atoms with Crippen molar-refractivity contribution in [1.82, 2.24) is 30.5 Å². The van der Waals surface area contributed by atoms with Gasteiger partial charge in [-0.2, -0.15) is 0 Å². The zero-order valence-electron chi connectivity index (χ0n) is 26.5. The molecule has 2 atom stereocenters. The Hall–Kier alpha value is -5.40. The SMILES string of the molecule is C=CCN1CC(=O)N2[C@@H](Cc3ccc(O)cc3)C(=O)N(Cc3csc4cc(NC(=O)NC)ccc34)C[C@@H]2N1C(=O)NCc1ccccc1. The Morgan fingerprint density at radius 3 is 2.54 bits per heavy atom. The third kappa shape index (κ3) is 6.82. The van der Waals surface area contributed by atoms with Crippen LogP contribution in [0.2, 0.25) is 0 Å². The first-order valence-electron chi connectivity index (χ1n) is 15.6. The van der Waals surface area contributed by atoms with E-state index in [9.17, 15) is 24.3 Å². The summed E-state index contributed by atoms with van der Waals surface area (Å²) in [5, 5.41) is 24.4. The molecule has 2 aliphatic rings. The average molecular weight is 668 g/mol. The van der Waals surface area contributed by atoms with Crippen molar-refractivity contribution < 1.29 is 24.3 Å². The highest BCUT2D eigenvalue weighted by Gasteiger charge is 2.51. The molecule has 13 heteroatoms. The highest BCUT2D eigenvalue weighted by molar-refractivity contribution is 7.17. The lowest BCUT2D eigenvalue weighted by molar-refractivity contribution is -0.189. The van der Waals surface area contributed by atoms with Crippen LogP contribution in [0.25, 0.3) is 10.1 Å². The molecule has 2 fully saturated rings. The van der Waals surface area contributed by atoms with Crippen molar-refractivity contribution in [3.63, 3.8) is 0 Å². The number of hydrogen-bond acceptors (Lipinski definition) is 7. The standard InChI is InChI=1S/C35H37N7O5S/c1-3-15-40-21-32(44)41-29(16-23-9-12-27(43)13-10-23)33(45)39(20-31(41)42(40)35(47)37-18-24-7-5-4-6-8-24)19-25-22-48-30-17-26(11-14-28(25)30)38-34(46)36-2/h3-14,17,22,29,31,43H,1,15-16,18-21H2,2H3,(H,37,47)(H2,36,38,46)/t29-,31-/m0/s1. The summed E-state index contributed by atoms with van der Waals surface area (Å²) < 4.78 is 0.942. The maximum Gasteiger partial charge on any atom is 0.334 e. The summed E-state index contributed by atoms with van der Waals surface area (Å²) in [6.45, 7) is 4.65. The number of rotatable bonds is 9. The summed E-state index contributed by atoms with van der Waals surface area (Å²) in [7, 11) is 1.55. The van der Waals surface area contributed by atoms with E-state index in [1.807, 2.05) is 53.9 Å². The van der Waals surface area contributed by atoms with E-state index in [0.717, 1.165) is 26.8 Å². The first-order chi connectivity index (χ1) is 23.2. The lowest BCUT2D eigenvalue weighted by atomic mass is 9.98. The molecule has 0 radical (unpaired) electrons. The van der Waals surface area contributed by atoms with Crippen molar-refractivity contribution >= 4 is 51.0 Å². The van der Waals surface area contributed by atoms with E-state index in [-0.39, 0.29) is 62.7 Å². The minimum Gasteiger partial charge on any atom is -0.508 e. The molecule has 12 nitrogen and oxygen atoms in total. The number of anilines is 1. The van der Waals surface area contributed by atoms with Crippen molar-refractivity contribution in [3.8, 4) is 5.75 Å². The van der Waals surface area contributed by atoms with Crippen molar-refractivity contribution in [2.75, 3.05) is 32.0 Å². The molecule has 0 spiro atoms. The number of hydrogen-bond donors (Lipinski definition) is 4. The number of phenols is 1. The number of piperazine rings is 1. The second-order valence-electron chi connectivity index (χ2n) is 11.7. The largest absolute Gasteiger partial charge is 0.508 e. The van der Waals surface area contributed by atoms with Gasteiger partial charge in [-0.1, -0.05) is 54.6 Å². The summed E-state index contributed by atoms with van der Waals surface area (Å²) in [5.74, 6) is -0.392. The summed E-state index contributed by atoms with van der Waals surface area (Å²) in [4.78, 5) is 57.3. The minimum absolute atomic E-state index is 0.0939. The third-order valence-corrected chi connectivity index (χ3v) is 9.53. The fourth-order valence-electron chi connectivity index (χ4n) is 6.24. The molecule has 0 unspecified atom stereocenters. The lowest BCUT2D eigenvalue weighted by Crippen LogP contribution is -2.76. The molecular weight excluding hydrogens is 630 g/mol. The number of benzene rings is 3. The second kappa shape index (κ2) is 14.2. The number of amides is 6. The van der Waals surface area contributed by atoms with Gasteiger partial charge in [-0.3, -0.25) is 9.59 Å². The molecule has 248 valence electrons. The number of carbonyl (C=O) groups excluding carboxylic acids is 4. The van der Waals surface area contributed by atoms with E-state index in [2.05, 4.69) is 22.5 Å². The van der Waals surface area contributed by atoms with Gasteiger partial charge in [0.2, 0.25) is 11.8 Å². The molecule has 0 bridgehead atoms. The maximum absolute atomic E-state index is 14.3. The Morgan fingerprint density at radius 2 is 1.81 bits per heavy atom. The third-order valence-electron chi connectivity index (χ3n) is 8.53. The predicted molar refractivity (Wildman–Crippen MR) is 184 cm³/mol. The molecule has 2 saturated heterocycles. The molecule has 1 aromatic heterocycles. The highest BCUT2D eigenvalue weighted by atomic mass is 32.1. The molecule has 0 saturated carbocycles. The maximum atomic E-state index is 14.3. The zero-order valence-corrected chi connectivity index (χ0v) is 27.3. The molecule has 2 aliphatic heterocycles. The molecule has 48 heavy (non-hydrogen) atoms. The van der Waals surface area contributed by atoms with Crippen LogP contribution in [0, 0.1) is 0 Å². The first-order valence-corrected chi connectivity index (χ1v) is 16.5. The number of carbonyl (C=O) groups is 4. The zero-order chi connectivity index (χ0) is 33.8. The molecule has 6 rings (SSSR count). The van der Waals surface area contributed by atoms with E-state index in [1.165, 1.54) is 11.3 Å². The van der Waals surface area contributed by atoms with Crippen LogP contribution in [0.15, 0.2) is 90.8 Å². The van der Waals surface area contributed by atoms with Crippen LogP contribution in [-0.2, 0) is 29.1 Å². The average Bonchev–Trinajstić information content (AvgIpc) is 3.48. The lowest BCUT2D eigenvalue weighted by Gasteiger charge is -2.55. The summed E-state index contributed by atoms with van der Waals surface area (Å²) in [6.07, 6.45) is 1.07. The number of urea groups is 2. The van der Waals surface area contributed by atoms with Crippen LogP contribution in [0.1, 0.15) is 16.7 Å². The van der Waals surface area contributed by atoms with Gasteiger partial charge < -0.3 is 30.9 Å². The monoisotopic (exact) mass is 667 g/mol. The van der Waals surface area contributed by atoms with E-state index in [1.54, 1.807) is 57.2 Å². The van der Waals surface area contributed by atoms with Crippen LogP contribution in [-0.4, -0.2) is 87.7 Å². The highest BCUT2D eigenvalue weighted by Crippen LogP contribution is 2.33. The smallest absolute Gasteiger partial charge is 0.334 e. The van der Waals surface area contributed by atoms with E-state index in [0.29, 0.717) is 5.69 Å². The van der Waals surface area contributed by atoms with Crippen molar-refractivity contribution in [1.29, 1.82) is 0 Å². The van der Waals surface area contributed by atoms with Gasteiger partial charge in [0.05, 0.1) is 13.1 Å². The molecular formula is C35H37N7O5S. The number of thiophene rings is 1. The van der Waals surface area contributed by atoms with E-state index < -0.39 is 18.2 Å². The Morgan fingerprint density at radius 1 is 1.04 bits per heavy atom. The number of fused-ring (bicyclic) bond motifs is 2. The Bertz CT molecular complexity index is 1830. The molecule has 3 heterocycles. The molecule has 3 aromatic carbocycles. The van der Waals surface area contributed by atoms with Gasteiger partial charge in [0.25, 0.3) is 0 Å². The quantitative estimate of drug-likeness (QED) is 0.199. The number of aromatic hydroxyl groups is 1. The van der Waals surface area contributed by atoms with Crippen LogP contribution in [0.3, 0.4) is 0 Å². The van der Waals surface area contributed by atoms with Crippen LogP contribution < -0.4 is 16.0 Å². The van der Waals surface area contributed by atoms with Crippen LogP contribution in [0.4, 0.5) is 15.3 Å². The fourth-order valence-corrected chi connectivity index (χ4v) is 7.23. The number of hydrazine groups is 1. The Labute approximate surface area is 282 Å². The summed E-state index contributed by atoms with van der Waals surface area (Å²) in [6, 6.07) is 20.1. The second-order valence-corrected chi connectivity index (χ2v) is 12.6. The first kappa shape index (κ1) is 32.5. The number of phenolic OH excluding ortho intramolecular Hbond substituents is 1. The van der Waals surface area contributed by atoms with Crippen LogP contribution in [0.5, 0.6) is 5.75 Å². The van der Waals surface area contributed by atoms with Gasteiger partial charge in [0, 0.05) is 43.5 Å². The van der Waals surface area contributed by atoms with E-state index >= 15 is 0 Å². The van der Waals surface area contributed by atoms with Gasteiger partial charge in [-0.15, -0.1) is 17.9 Å². The van der Waals surface area contributed by atoms with Crippen molar-refractivity contribution in [2.24, 2.45) is 0 Å². The fraction of sp³-hybridized carbons (Fsp3) is 0.257. The Kier molecular flexibility index (Phi) is 9.60. The molecule has 0 aliphatic carbocycles. The van der Waals surface area contributed by atoms with Crippen molar-refractivity contribution in [2.45, 2.75) is 31.7 Å². The van der Waals surface area contributed by atoms with Crippen molar-refractivity contribution in [3.05, 3.63) is 108 Å². The number of nitrogens with zero attached hydrogens (tertiary/aromatic N) is 4. The van der Waals surface area contributed by atoms with E-state index in [4.69, 9.17) is 0 Å². The van der Waals surface area contributed by atoms with Gasteiger partial charge in [-0.25, -0.2) is 19.6 Å². The minimum atomic E-state index is -0.885. The molecule has 4 aromatic rings. The van der Waals surface area contributed by atoms with Gasteiger partial charge in [0.15, 0.2) is 0 Å². The number of nitrogens with one attached hydrogen (secondary N) is 3. The normalized spacial score (nSPS) is 18.1. The summed E-state index contributed by atoms with van der Waals surface area (Å²) >= 11 is 1.51. The summed E-state index contributed by atoms with van der Waals surface area (Å²) in [5.41, 5.74) is 3.26. The molecule has 6 amide bonds. The van der Waals surface area contributed by atoms with Gasteiger partial charge in [-0.05, 0) is 51.7 Å².